The van der Waals surface area contributed by atoms with Crippen LogP contribution in [0.4, 0.5) is 5.82 Å². The Morgan fingerprint density at radius 3 is 3.07 bits per heavy atom. The molecule has 2 nitrogen and oxygen atoms in total. The summed E-state index contributed by atoms with van der Waals surface area (Å²) in [4.78, 5) is 3.95. The number of nitrogens with two attached hydrogens (primary N) is 1. The first kappa shape index (κ1) is 11.1. The number of aromatic nitrogens is 1. The lowest BCUT2D eigenvalue weighted by Crippen LogP contribution is -1.93. The van der Waals surface area contributed by atoms with Crippen molar-refractivity contribution in [3.05, 3.63) is 35.5 Å². The van der Waals surface area contributed by atoms with E-state index < -0.39 is 0 Å². The van der Waals surface area contributed by atoms with E-state index in [1.54, 1.807) is 6.20 Å². The lowest BCUT2D eigenvalue weighted by Gasteiger charge is -2.02. The van der Waals surface area contributed by atoms with Gasteiger partial charge in [-0.15, -0.1) is 11.6 Å². The molecule has 0 spiro atoms. The Morgan fingerprint density at radius 1 is 1.64 bits per heavy atom. The number of allylic oxidation sites excluding steroid dienone is 2. The van der Waals surface area contributed by atoms with E-state index >= 15 is 0 Å². The second kappa shape index (κ2) is 5.66. The highest BCUT2D eigenvalue weighted by atomic mass is 35.5. The molecule has 0 bridgehead atoms. The fourth-order valence-electron chi connectivity index (χ4n) is 1.30. The van der Waals surface area contributed by atoms with Gasteiger partial charge in [0.05, 0.1) is 0 Å². The Labute approximate surface area is 89.8 Å². The third-order valence-electron chi connectivity index (χ3n) is 1.93. The molecular weight excluding hydrogens is 196 g/mol. The molecule has 0 aliphatic rings. The molecule has 14 heavy (non-hydrogen) atoms. The van der Waals surface area contributed by atoms with E-state index in [1.807, 2.05) is 12.1 Å². The maximum absolute atomic E-state index is 5.60. The molecule has 0 saturated heterocycles. The molecule has 1 rings (SSSR count). The van der Waals surface area contributed by atoms with Gasteiger partial charge in [-0.2, -0.15) is 0 Å². The first-order valence-electron chi connectivity index (χ1n) is 4.64. The van der Waals surface area contributed by atoms with Crippen molar-refractivity contribution in [1.29, 1.82) is 0 Å². The largest absolute Gasteiger partial charge is 0.384 e. The molecule has 0 radical (unpaired) electrons. The van der Waals surface area contributed by atoms with E-state index in [9.17, 15) is 0 Å². The SMILES string of the molecule is CC(=CCCCl)Cc1ccnc(N)c1. The molecular formula is C11H15ClN2. The molecule has 0 atom stereocenters. The second-order valence-electron chi connectivity index (χ2n) is 3.29. The summed E-state index contributed by atoms with van der Waals surface area (Å²) in [5, 5.41) is 0. The van der Waals surface area contributed by atoms with E-state index in [-0.39, 0.29) is 0 Å². The van der Waals surface area contributed by atoms with Gasteiger partial charge in [-0.25, -0.2) is 4.98 Å². The Hall–Kier alpha value is -1.02. The smallest absolute Gasteiger partial charge is 0.123 e. The highest BCUT2D eigenvalue weighted by Crippen LogP contribution is 2.10. The van der Waals surface area contributed by atoms with Gasteiger partial charge in [0, 0.05) is 12.1 Å². The molecule has 1 aromatic rings. The molecule has 2 N–H and O–H groups in total. The first-order valence-corrected chi connectivity index (χ1v) is 5.18. The lowest BCUT2D eigenvalue weighted by molar-refractivity contribution is 1.08. The van der Waals surface area contributed by atoms with Gasteiger partial charge in [0.25, 0.3) is 0 Å². The molecule has 3 heteroatoms. The van der Waals surface area contributed by atoms with Crippen LogP contribution in [-0.4, -0.2) is 10.9 Å². The van der Waals surface area contributed by atoms with Crippen LogP contribution in [0.5, 0.6) is 0 Å². The number of anilines is 1. The third-order valence-corrected chi connectivity index (χ3v) is 2.15. The zero-order valence-corrected chi connectivity index (χ0v) is 9.09. The van der Waals surface area contributed by atoms with Gasteiger partial charge in [0.1, 0.15) is 5.82 Å². The van der Waals surface area contributed by atoms with Gasteiger partial charge >= 0.3 is 0 Å². The normalized spacial score (nSPS) is 11.7. The van der Waals surface area contributed by atoms with Gasteiger partial charge in [-0.05, 0) is 37.5 Å². The van der Waals surface area contributed by atoms with Crippen LogP contribution >= 0.6 is 11.6 Å². The van der Waals surface area contributed by atoms with Crippen LogP contribution in [0.25, 0.3) is 0 Å². The number of hydrogen-bond acceptors (Lipinski definition) is 2. The highest BCUT2D eigenvalue weighted by Gasteiger charge is 1.95. The van der Waals surface area contributed by atoms with E-state index in [1.165, 1.54) is 11.1 Å². The topological polar surface area (TPSA) is 38.9 Å². The van der Waals surface area contributed by atoms with Gasteiger partial charge < -0.3 is 5.73 Å². The number of alkyl halides is 1. The van der Waals surface area contributed by atoms with Crippen molar-refractivity contribution >= 4 is 17.4 Å². The van der Waals surface area contributed by atoms with Crippen molar-refractivity contribution in [2.75, 3.05) is 11.6 Å². The predicted octanol–water partition coefficient (Wildman–Crippen LogP) is 2.78. The van der Waals surface area contributed by atoms with Crippen molar-refractivity contribution in [3.8, 4) is 0 Å². The number of nitrogen functional groups attached to an aromatic ring is 1. The van der Waals surface area contributed by atoms with Gasteiger partial charge in [-0.3, -0.25) is 0 Å². The molecule has 0 unspecified atom stereocenters. The van der Waals surface area contributed by atoms with Crippen LogP contribution in [0.2, 0.25) is 0 Å². The molecule has 0 aliphatic carbocycles. The molecule has 0 fully saturated rings. The monoisotopic (exact) mass is 210 g/mol. The minimum absolute atomic E-state index is 0.577. The summed E-state index contributed by atoms with van der Waals surface area (Å²) in [5.74, 6) is 1.25. The first-order chi connectivity index (χ1) is 6.72. The van der Waals surface area contributed by atoms with Gasteiger partial charge in [-0.1, -0.05) is 11.6 Å². The van der Waals surface area contributed by atoms with Crippen molar-refractivity contribution < 1.29 is 0 Å². The Balaban J connectivity index is 2.60. The summed E-state index contributed by atoms with van der Waals surface area (Å²) in [6.45, 7) is 2.10. The Kier molecular flexibility index (Phi) is 4.47. The van der Waals surface area contributed by atoms with E-state index in [4.69, 9.17) is 17.3 Å². The average Bonchev–Trinajstić information content (AvgIpc) is 2.15. The van der Waals surface area contributed by atoms with Gasteiger partial charge in [0.2, 0.25) is 0 Å². The van der Waals surface area contributed by atoms with Crippen molar-refractivity contribution in [1.82, 2.24) is 4.98 Å². The summed E-state index contributed by atoms with van der Waals surface area (Å²) >= 11 is 5.60. The van der Waals surface area contributed by atoms with Crippen LogP contribution < -0.4 is 5.73 Å². The lowest BCUT2D eigenvalue weighted by atomic mass is 10.1. The van der Waals surface area contributed by atoms with Crippen LogP contribution in [0, 0.1) is 0 Å². The van der Waals surface area contributed by atoms with Gasteiger partial charge in [0.15, 0.2) is 0 Å². The molecule has 0 amide bonds. The summed E-state index contributed by atoms with van der Waals surface area (Å²) < 4.78 is 0. The van der Waals surface area contributed by atoms with Crippen LogP contribution in [0.1, 0.15) is 18.9 Å². The Morgan fingerprint density at radius 2 is 2.43 bits per heavy atom. The standard InChI is InChI=1S/C11H15ClN2/c1-9(3-2-5-12)7-10-4-6-14-11(13)8-10/h3-4,6,8H,2,5,7H2,1H3,(H2,13,14). The number of nitrogens with zero attached hydrogens (tertiary/aromatic N) is 1. The zero-order chi connectivity index (χ0) is 10.4. The molecule has 1 heterocycles. The Bertz CT molecular complexity index is 321. The quantitative estimate of drug-likeness (QED) is 0.613. The summed E-state index contributed by atoms with van der Waals surface area (Å²) in [6, 6.07) is 3.88. The average molecular weight is 211 g/mol. The van der Waals surface area contributed by atoms with E-state index in [0.717, 1.165) is 12.8 Å². The fraction of sp³-hybridized carbons (Fsp3) is 0.364. The van der Waals surface area contributed by atoms with E-state index in [0.29, 0.717) is 11.7 Å². The maximum Gasteiger partial charge on any atom is 0.123 e. The zero-order valence-electron chi connectivity index (χ0n) is 8.33. The fourth-order valence-corrected chi connectivity index (χ4v) is 1.41. The molecule has 0 saturated carbocycles. The number of halogens is 1. The number of hydrogen-bond donors (Lipinski definition) is 1. The molecule has 0 aromatic carbocycles. The third kappa shape index (κ3) is 3.79. The van der Waals surface area contributed by atoms with Crippen molar-refractivity contribution in [2.45, 2.75) is 19.8 Å². The molecule has 1 aromatic heterocycles. The van der Waals surface area contributed by atoms with E-state index in [2.05, 4.69) is 18.0 Å². The number of rotatable bonds is 4. The maximum atomic E-state index is 5.60. The van der Waals surface area contributed by atoms with Crippen LogP contribution in [-0.2, 0) is 6.42 Å². The van der Waals surface area contributed by atoms with Crippen molar-refractivity contribution in [3.63, 3.8) is 0 Å². The summed E-state index contributed by atoms with van der Waals surface area (Å²) in [6.07, 6.45) is 5.74. The minimum atomic E-state index is 0.577. The molecule has 76 valence electrons. The molecule has 0 aliphatic heterocycles. The minimum Gasteiger partial charge on any atom is -0.384 e. The summed E-state index contributed by atoms with van der Waals surface area (Å²) in [5.41, 5.74) is 8.09. The predicted molar refractivity (Wildman–Crippen MR) is 61.4 cm³/mol. The number of pyridine rings is 1. The van der Waals surface area contributed by atoms with Crippen LogP contribution in [0.3, 0.4) is 0 Å². The second-order valence-corrected chi connectivity index (χ2v) is 3.67. The van der Waals surface area contributed by atoms with Crippen molar-refractivity contribution in [2.24, 2.45) is 0 Å². The summed E-state index contributed by atoms with van der Waals surface area (Å²) in [7, 11) is 0. The van der Waals surface area contributed by atoms with Crippen LogP contribution in [0.15, 0.2) is 30.0 Å². The highest BCUT2D eigenvalue weighted by molar-refractivity contribution is 6.17.